The number of rotatable bonds is 6. The van der Waals surface area contributed by atoms with Crippen molar-refractivity contribution in [1.82, 2.24) is 0 Å². The van der Waals surface area contributed by atoms with E-state index in [9.17, 15) is 14.5 Å². The number of halogens is 1. The topological polar surface area (TPSA) is 64.4 Å². The van der Waals surface area contributed by atoms with Gasteiger partial charge in [-0.15, -0.1) is 0 Å². The summed E-state index contributed by atoms with van der Waals surface area (Å²) in [6.45, 7) is 2.90. The molecule has 0 spiro atoms. The maximum Gasteiger partial charge on any atom is 0.295 e. The summed E-state index contributed by atoms with van der Waals surface area (Å²) in [5.41, 5.74) is 0.952. The highest BCUT2D eigenvalue weighted by molar-refractivity contribution is 5.61. The van der Waals surface area contributed by atoms with Crippen molar-refractivity contribution >= 4 is 11.4 Å². The Hall–Kier alpha value is -2.63. The number of ether oxygens (including phenoxy) is 1. The molecular weight excluding hydrogens is 275 g/mol. The van der Waals surface area contributed by atoms with Crippen LogP contribution in [0.3, 0.4) is 0 Å². The predicted molar refractivity (Wildman–Crippen MR) is 78.0 cm³/mol. The fourth-order valence-corrected chi connectivity index (χ4v) is 1.87. The van der Waals surface area contributed by atoms with Crippen LogP contribution >= 0.6 is 0 Å². The first kappa shape index (κ1) is 14.8. The maximum atomic E-state index is 13.0. The average Bonchev–Trinajstić information content (AvgIpc) is 2.47. The van der Waals surface area contributed by atoms with Crippen molar-refractivity contribution in [2.45, 2.75) is 13.5 Å². The molecule has 0 radical (unpaired) electrons. The molecule has 1 N–H and O–H groups in total. The molecule has 0 fully saturated rings. The Kier molecular flexibility index (Phi) is 4.71. The highest BCUT2D eigenvalue weighted by Gasteiger charge is 2.14. The molecule has 0 aliphatic carbocycles. The summed E-state index contributed by atoms with van der Waals surface area (Å²) >= 11 is 0. The third-order valence-corrected chi connectivity index (χ3v) is 2.87. The largest absolute Gasteiger partial charge is 0.494 e. The monoisotopic (exact) mass is 290 g/mol. The molecule has 0 atom stereocenters. The molecule has 0 unspecified atom stereocenters. The third kappa shape index (κ3) is 3.92. The molecule has 6 heteroatoms. The van der Waals surface area contributed by atoms with Gasteiger partial charge in [0, 0.05) is 6.54 Å². The van der Waals surface area contributed by atoms with Gasteiger partial charge in [-0.25, -0.2) is 4.39 Å². The zero-order valence-corrected chi connectivity index (χ0v) is 11.5. The molecule has 2 rings (SSSR count). The lowest BCUT2D eigenvalue weighted by atomic mass is 10.2. The number of nitro groups is 1. The van der Waals surface area contributed by atoms with Gasteiger partial charge in [-0.3, -0.25) is 10.1 Å². The number of nitrogens with one attached hydrogen (secondary N) is 1. The third-order valence-electron chi connectivity index (χ3n) is 2.87. The number of nitro benzene ring substituents is 1. The van der Waals surface area contributed by atoms with Crippen molar-refractivity contribution in [2.24, 2.45) is 0 Å². The van der Waals surface area contributed by atoms with E-state index in [-0.39, 0.29) is 11.4 Å². The highest BCUT2D eigenvalue weighted by Crippen LogP contribution is 2.25. The first-order valence-corrected chi connectivity index (χ1v) is 6.49. The van der Waals surface area contributed by atoms with E-state index in [1.807, 2.05) is 31.2 Å². The van der Waals surface area contributed by atoms with Crippen LogP contribution in [0, 0.1) is 15.9 Å². The predicted octanol–water partition coefficient (Wildman–Crippen LogP) is 3.74. The van der Waals surface area contributed by atoms with Crippen LogP contribution in [-0.4, -0.2) is 11.5 Å². The van der Waals surface area contributed by atoms with Gasteiger partial charge < -0.3 is 10.1 Å². The van der Waals surface area contributed by atoms with Crippen LogP contribution in [0.4, 0.5) is 15.8 Å². The molecular formula is C15H15FN2O3. The molecule has 0 heterocycles. The van der Waals surface area contributed by atoms with E-state index >= 15 is 0 Å². The molecule has 0 aliphatic rings. The number of hydrogen-bond donors (Lipinski definition) is 1. The lowest BCUT2D eigenvalue weighted by Crippen LogP contribution is -2.03. The Morgan fingerprint density at radius 1 is 1.24 bits per heavy atom. The first-order chi connectivity index (χ1) is 10.1. The van der Waals surface area contributed by atoms with E-state index < -0.39 is 10.7 Å². The number of anilines is 1. The van der Waals surface area contributed by atoms with E-state index in [1.54, 1.807) is 0 Å². The van der Waals surface area contributed by atoms with E-state index in [4.69, 9.17) is 4.74 Å². The van der Waals surface area contributed by atoms with Gasteiger partial charge in [0.05, 0.1) is 17.6 Å². The fraction of sp³-hybridized carbons (Fsp3) is 0.200. The number of hydrogen-bond acceptors (Lipinski definition) is 4. The van der Waals surface area contributed by atoms with Gasteiger partial charge in [-0.05, 0) is 36.8 Å². The summed E-state index contributed by atoms with van der Waals surface area (Å²) in [6, 6.07) is 10.9. The molecule has 0 bridgehead atoms. The van der Waals surface area contributed by atoms with E-state index in [1.165, 1.54) is 12.1 Å². The van der Waals surface area contributed by atoms with Gasteiger partial charge in [0.1, 0.15) is 17.3 Å². The van der Waals surface area contributed by atoms with Gasteiger partial charge in [0.2, 0.25) is 0 Å². The molecule has 0 saturated heterocycles. The second-order valence-electron chi connectivity index (χ2n) is 4.35. The maximum absolute atomic E-state index is 13.0. The summed E-state index contributed by atoms with van der Waals surface area (Å²) in [5, 5.41) is 13.8. The van der Waals surface area contributed by atoms with E-state index in [0.29, 0.717) is 13.2 Å². The van der Waals surface area contributed by atoms with Crippen LogP contribution in [-0.2, 0) is 6.54 Å². The fourth-order valence-electron chi connectivity index (χ4n) is 1.87. The van der Waals surface area contributed by atoms with Gasteiger partial charge >= 0.3 is 0 Å². The smallest absolute Gasteiger partial charge is 0.295 e. The molecule has 110 valence electrons. The number of nitrogens with zero attached hydrogens (tertiary/aromatic N) is 1. The minimum atomic E-state index is -0.631. The van der Waals surface area contributed by atoms with Crippen LogP contribution in [0.25, 0.3) is 0 Å². The van der Waals surface area contributed by atoms with Gasteiger partial charge in [0.25, 0.3) is 5.69 Å². The molecule has 2 aromatic rings. The zero-order chi connectivity index (χ0) is 15.2. The van der Waals surface area contributed by atoms with Gasteiger partial charge in [0.15, 0.2) is 0 Å². The standard InChI is InChI=1S/C15H15FN2O3/c1-2-21-13-6-3-11(4-7-13)10-17-14-8-5-12(16)9-15(14)18(19)20/h3-9,17H,2,10H2,1H3. The highest BCUT2D eigenvalue weighted by atomic mass is 19.1. The lowest BCUT2D eigenvalue weighted by molar-refractivity contribution is -0.384. The molecule has 0 saturated carbocycles. The van der Waals surface area contributed by atoms with Crippen molar-refractivity contribution in [3.63, 3.8) is 0 Å². The number of benzene rings is 2. The molecule has 0 amide bonds. The molecule has 21 heavy (non-hydrogen) atoms. The Bertz CT molecular complexity index is 629. The Morgan fingerprint density at radius 3 is 2.57 bits per heavy atom. The summed E-state index contributed by atoms with van der Waals surface area (Å²) in [6.07, 6.45) is 0. The van der Waals surface area contributed by atoms with Gasteiger partial charge in [-0.2, -0.15) is 0 Å². The Balaban J connectivity index is 2.07. The van der Waals surface area contributed by atoms with E-state index in [0.717, 1.165) is 17.4 Å². The molecule has 2 aromatic carbocycles. The van der Waals surface area contributed by atoms with Crippen LogP contribution in [0.15, 0.2) is 42.5 Å². The summed E-state index contributed by atoms with van der Waals surface area (Å²) in [7, 11) is 0. The molecule has 5 nitrogen and oxygen atoms in total. The van der Waals surface area contributed by atoms with Crippen molar-refractivity contribution in [1.29, 1.82) is 0 Å². The first-order valence-electron chi connectivity index (χ1n) is 6.49. The van der Waals surface area contributed by atoms with Gasteiger partial charge in [-0.1, -0.05) is 12.1 Å². The second-order valence-corrected chi connectivity index (χ2v) is 4.35. The molecule has 0 aliphatic heterocycles. The lowest BCUT2D eigenvalue weighted by Gasteiger charge is -2.08. The van der Waals surface area contributed by atoms with Crippen molar-refractivity contribution < 1.29 is 14.1 Å². The van der Waals surface area contributed by atoms with Crippen molar-refractivity contribution in [3.8, 4) is 5.75 Å². The average molecular weight is 290 g/mol. The van der Waals surface area contributed by atoms with E-state index in [2.05, 4.69) is 5.32 Å². The summed E-state index contributed by atoms with van der Waals surface area (Å²) < 4.78 is 18.4. The van der Waals surface area contributed by atoms with Crippen LogP contribution in [0.5, 0.6) is 5.75 Å². The SMILES string of the molecule is CCOc1ccc(CNc2ccc(F)cc2[N+](=O)[O-])cc1. The van der Waals surface area contributed by atoms with Crippen LogP contribution in [0.1, 0.15) is 12.5 Å². The quantitative estimate of drug-likeness (QED) is 0.650. The van der Waals surface area contributed by atoms with Crippen LogP contribution < -0.4 is 10.1 Å². The minimum Gasteiger partial charge on any atom is -0.494 e. The Morgan fingerprint density at radius 2 is 1.95 bits per heavy atom. The zero-order valence-electron chi connectivity index (χ0n) is 11.5. The van der Waals surface area contributed by atoms with Crippen molar-refractivity contribution in [3.05, 3.63) is 64.0 Å². The van der Waals surface area contributed by atoms with Crippen molar-refractivity contribution in [2.75, 3.05) is 11.9 Å². The Labute approximate surface area is 121 Å². The summed E-state index contributed by atoms with van der Waals surface area (Å²) in [5.74, 6) is 0.141. The summed E-state index contributed by atoms with van der Waals surface area (Å²) in [4.78, 5) is 10.3. The minimum absolute atomic E-state index is 0.277. The second kappa shape index (κ2) is 6.69. The van der Waals surface area contributed by atoms with Crippen LogP contribution in [0.2, 0.25) is 0 Å². The molecule has 0 aromatic heterocycles. The normalized spacial score (nSPS) is 10.2.